The number of hydrogen-bond acceptors (Lipinski definition) is 5. The van der Waals surface area contributed by atoms with E-state index in [1.807, 2.05) is 0 Å². The summed E-state index contributed by atoms with van der Waals surface area (Å²) in [5.41, 5.74) is 5.06. The van der Waals surface area contributed by atoms with E-state index >= 15 is 0 Å². The summed E-state index contributed by atoms with van der Waals surface area (Å²) >= 11 is 0. The van der Waals surface area contributed by atoms with E-state index in [1.165, 1.54) is 0 Å². The summed E-state index contributed by atoms with van der Waals surface area (Å²) in [5, 5.41) is 20.4. The highest BCUT2D eigenvalue weighted by Crippen LogP contribution is 2.08. The van der Waals surface area contributed by atoms with Gasteiger partial charge in [-0.1, -0.05) is 5.11 Å². The first-order valence-corrected chi connectivity index (χ1v) is 3.04. The molecule has 0 saturated heterocycles. The molecule has 0 saturated carbocycles. The van der Waals surface area contributed by atoms with Crippen LogP contribution in [0.2, 0.25) is 0 Å². The van der Waals surface area contributed by atoms with Crippen molar-refractivity contribution in [1.29, 1.82) is 0 Å². The summed E-state index contributed by atoms with van der Waals surface area (Å²) < 4.78 is 4.02. The molecule has 0 aliphatic carbocycles. The SMILES string of the molecule is COC(=O)C(O)(CN=[N+]=[N-])C(=O)O. The van der Waals surface area contributed by atoms with E-state index in [-0.39, 0.29) is 0 Å². The molecule has 72 valence electrons. The molecule has 8 heteroatoms. The molecule has 0 spiro atoms. The van der Waals surface area contributed by atoms with Crippen molar-refractivity contribution in [2.45, 2.75) is 5.60 Å². The Morgan fingerprint density at radius 3 is 2.54 bits per heavy atom. The number of carbonyl (C=O) groups excluding carboxylic acids is 1. The minimum Gasteiger partial charge on any atom is -0.479 e. The van der Waals surface area contributed by atoms with Crippen molar-refractivity contribution in [1.82, 2.24) is 0 Å². The van der Waals surface area contributed by atoms with Crippen LogP contribution >= 0.6 is 0 Å². The van der Waals surface area contributed by atoms with E-state index in [2.05, 4.69) is 14.8 Å². The van der Waals surface area contributed by atoms with Gasteiger partial charge in [-0.3, -0.25) is 0 Å². The molecule has 1 atom stereocenters. The number of aliphatic hydroxyl groups is 1. The largest absolute Gasteiger partial charge is 0.479 e. The molecule has 0 aliphatic rings. The van der Waals surface area contributed by atoms with Crippen LogP contribution in [-0.2, 0) is 14.3 Å². The van der Waals surface area contributed by atoms with Crippen LogP contribution < -0.4 is 0 Å². The monoisotopic (exact) mass is 189 g/mol. The highest BCUT2D eigenvalue weighted by Gasteiger charge is 2.45. The fourth-order valence-corrected chi connectivity index (χ4v) is 0.522. The Morgan fingerprint density at radius 1 is 1.69 bits per heavy atom. The summed E-state index contributed by atoms with van der Waals surface area (Å²) in [4.78, 5) is 23.4. The zero-order valence-corrected chi connectivity index (χ0v) is 6.67. The molecule has 13 heavy (non-hydrogen) atoms. The molecule has 0 bridgehead atoms. The lowest BCUT2D eigenvalue weighted by molar-refractivity contribution is -0.176. The highest BCUT2D eigenvalue weighted by molar-refractivity contribution is 6.02. The number of carboxylic acids is 1. The van der Waals surface area contributed by atoms with E-state index in [4.69, 9.17) is 15.7 Å². The standard InChI is InChI=1S/C5H7N3O5/c1-13-4(11)5(12,3(9)10)2-7-8-6/h12H,2H2,1H3,(H,9,10). The lowest BCUT2D eigenvalue weighted by atomic mass is 10.1. The molecule has 0 rings (SSSR count). The van der Waals surface area contributed by atoms with Crippen molar-refractivity contribution in [3.63, 3.8) is 0 Å². The van der Waals surface area contributed by atoms with E-state index < -0.39 is 24.1 Å². The third kappa shape index (κ3) is 2.32. The maximum absolute atomic E-state index is 10.7. The van der Waals surface area contributed by atoms with Crippen molar-refractivity contribution in [2.24, 2.45) is 5.11 Å². The second kappa shape index (κ2) is 4.29. The third-order valence-corrected chi connectivity index (χ3v) is 1.24. The van der Waals surface area contributed by atoms with Crippen molar-refractivity contribution in [2.75, 3.05) is 13.7 Å². The van der Waals surface area contributed by atoms with Crippen LogP contribution in [0, 0.1) is 0 Å². The zero-order chi connectivity index (χ0) is 10.5. The van der Waals surface area contributed by atoms with Crippen LogP contribution in [-0.4, -0.2) is 41.4 Å². The molecule has 0 aromatic rings. The van der Waals surface area contributed by atoms with Crippen LogP contribution in [0.1, 0.15) is 0 Å². The summed E-state index contributed by atoms with van der Waals surface area (Å²) in [6.07, 6.45) is 0. The van der Waals surface area contributed by atoms with E-state index in [9.17, 15) is 9.59 Å². The van der Waals surface area contributed by atoms with Gasteiger partial charge in [0, 0.05) is 4.91 Å². The lowest BCUT2D eigenvalue weighted by Crippen LogP contribution is -2.50. The molecular formula is C5H7N3O5. The minimum absolute atomic E-state index is 0.909. The first kappa shape index (κ1) is 11.2. The Bertz CT molecular complexity index is 271. The van der Waals surface area contributed by atoms with Gasteiger partial charge in [0.1, 0.15) is 0 Å². The molecule has 0 aliphatic heterocycles. The highest BCUT2D eigenvalue weighted by atomic mass is 16.5. The fraction of sp³-hybridized carbons (Fsp3) is 0.600. The van der Waals surface area contributed by atoms with Crippen LogP contribution in [0.3, 0.4) is 0 Å². The van der Waals surface area contributed by atoms with Crippen LogP contribution in [0.15, 0.2) is 5.11 Å². The molecule has 0 aromatic heterocycles. The topological polar surface area (TPSA) is 133 Å². The summed E-state index contributed by atoms with van der Waals surface area (Å²) in [6.45, 7) is -0.911. The van der Waals surface area contributed by atoms with Gasteiger partial charge in [-0.15, -0.1) is 0 Å². The molecule has 0 amide bonds. The smallest absolute Gasteiger partial charge is 0.349 e. The zero-order valence-electron chi connectivity index (χ0n) is 6.67. The molecule has 1 unspecified atom stereocenters. The van der Waals surface area contributed by atoms with Crippen molar-refractivity contribution in [3.05, 3.63) is 10.4 Å². The number of methoxy groups -OCH3 is 1. The van der Waals surface area contributed by atoms with Gasteiger partial charge in [0.25, 0.3) is 5.60 Å². The second-order valence-electron chi connectivity index (χ2n) is 2.05. The number of azide groups is 1. The van der Waals surface area contributed by atoms with Crippen LogP contribution in [0.5, 0.6) is 0 Å². The van der Waals surface area contributed by atoms with Gasteiger partial charge in [-0.2, -0.15) is 0 Å². The molecule has 2 N–H and O–H groups in total. The number of ether oxygens (including phenoxy) is 1. The predicted octanol–water partition coefficient (Wildman–Crippen LogP) is -0.715. The quantitative estimate of drug-likeness (QED) is 0.198. The van der Waals surface area contributed by atoms with Gasteiger partial charge in [0.2, 0.25) is 0 Å². The van der Waals surface area contributed by atoms with Gasteiger partial charge >= 0.3 is 11.9 Å². The molecule has 8 nitrogen and oxygen atoms in total. The number of hydrogen-bond donors (Lipinski definition) is 2. The first-order valence-electron chi connectivity index (χ1n) is 3.04. The van der Waals surface area contributed by atoms with E-state index in [1.54, 1.807) is 0 Å². The molecule has 0 fully saturated rings. The Kier molecular flexibility index (Phi) is 3.70. The van der Waals surface area contributed by atoms with Gasteiger partial charge < -0.3 is 14.9 Å². The number of nitrogens with zero attached hydrogens (tertiary/aromatic N) is 3. The van der Waals surface area contributed by atoms with Crippen molar-refractivity contribution in [3.8, 4) is 0 Å². The molecule has 0 radical (unpaired) electrons. The maximum atomic E-state index is 10.7. The molecule has 0 heterocycles. The Balaban J connectivity index is 4.82. The molecule has 0 aromatic carbocycles. The lowest BCUT2D eigenvalue weighted by Gasteiger charge is -2.17. The molecular weight excluding hydrogens is 182 g/mol. The normalized spacial score (nSPS) is 13.7. The number of esters is 1. The van der Waals surface area contributed by atoms with Crippen molar-refractivity contribution >= 4 is 11.9 Å². The van der Waals surface area contributed by atoms with Gasteiger partial charge in [0.15, 0.2) is 0 Å². The van der Waals surface area contributed by atoms with Crippen LogP contribution in [0.25, 0.3) is 10.4 Å². The van der Waals surface area contributed by atoms with E-state index in [0.717, 1.165) is 7.11 Å². The van der Waals surface area contributed by atoms with Gasteiger partial charge in [-0.25, -0.2) is 9.59 Å². The minimum atomic E-state index is -2.80. The average molecular weight is 189 g/mol. The first-order chi connectivity index (χ1) is 5.99. The number of aliphatic carboxylic acids is 1. The number of carbonyl (C=O) groups is 2. The van der Waals surface area contributed by atoms with Crippen LogP contribution in [0.4, 0.5) is 0 Å². The predicted molar refractivity (Wildman–Crippen MR) is 38.6 cm³/mol. The maximum Gasteiger partial charge on any atom is 0.349 e. The Morgan fingerprint density at radius 2 is 2.23 bits per heavy atom. The van der Waals surface area contributed by atoms with Crippen molar-refractivity contribution < 1.29 is 24.5 Å². The second-order valence-corrected chi connectivity index (χ2v) is 2.05. The number of carboxylic acid groups (broad SMARTS) is 1. The third-order valence-electron chi connectivity index (χ3n) is 1.24. The summed E-state index contributed by atoms with van der Waals surface area (Å²) in [5.74, 6) is -3.21. The van der Waals surface area contributed by atoms with Gasteiger partial charge in [-0.05, 0) is 5.53 Å². The fourth-order valence-electron chi connectivity index (χ4n) is 0.522. The summed E-state index contributed by atoms with van der Waals surface area (Å²) in [7, 11) is 0.909. The Labute approximate surface area is 72.4 Å². The Hall–Kier alpha value is -1.79. The average Bonchev–Trinajstić information content (AvgIpc) is 2.12. The van der Waals surface area contributed by atoms with E-state index in [0.29, 0.717) is 0 Å². The number of rotatable bonds is 4. The summed E-state index contributed by atoms with van der Waals surface area (Å²) in [6, 6.07) is 0. The van der Waals surface area contributed by atoms with Gasteiger partial charge in [0.05, 0.1) is 13.7 Å².